The first-order valence-corrected chi connectivity index (χ1v) is 4.01. The van der Waals surface area contributed by atoms with Crippen LogP contribution in [-0.2, 0) is 9.53 Å². The first kappa shape index (κ1) is 14.9. The van der Waals surface area contributed by atoms with Gasteiger partial charge in [0.2, 0.25) is 0 Å². The molecule has 0 saturated carbocycles. The largest absolute Gasteiger partial charge is 0.508 e. The molecule has 0 bridgehead atoms. The van der Waals surface area contributed by atoms with Gasteiger partial charge in [0.05, 0.1) is 7.11 Å². The van der Waals surface area contributed by atoms with Crippen molar-refractivity contribution in [3.05, 3.63) is 30.3 Å². The minimum atomic E-state index is -0.157. The van der Waals surface area contributed by atoms with E-state index in [1.807, 2.05) is 6.07 Å². The van der Waals surface area contributed by atoms with Crippen LogP contribution >= 0.6 is 0 Å². The van der Waals surface area contributed by atoms with E-state index >= 15 is 0 Å². The third-order valence-corrected chi connectivity index (χ3v) is 1.27. The highest BCUT2D eigenvalue weighted by Gasteiger charge is 1.87. The summed E-state index contributed by atoms with van der Waals surface area (Å²) in [5.41, 5.74) is 0. The quantitative estimate of drug-likeness (QED) is 0.690. The van der Waals surface area contributed by atoms with Crippen LogP contribution in [0.2, 0.25) is 0 Å². The van der Waals surface area contributed by atoms with Crippen LogP contribution in [-0.4, -0.2) is 23.7 Å². The molecule has 0 aliphatic carbocycles. The van der Waals surface area contributed by atoms with E-state index in [9.17, 15) is 4.79 Å². The van der Waals surface area contributed by atoms with Crippen molar-refractivity contribution >= 4 is 5.97 Å². The van der Waals surface area contributed by atoms with Crippen LogP contribution in [0, 0.1) is 0 Å². The van der Waals surface area contributed by atoms with Crippen LogP contribution in [0.3, 0.4) is 0 Å². The van der Waals surface area contributed by atoms with E-state index in [2.05, 4.69) is 4.74 Å². The third kappa shape index (κ3) is 8.55. The molecule has 4 nitrogen and oxygen atoms in total. The molecule has 0 aliphatic heterocycles. The lowest BCUT2D eigenvalue weighted by molar-refractivity contribution is -0.140. The topological polar surface area (TPSA) is 78.0 Å². The molecule has 0 aromatic heterocycles. The maximum absolute atomic E-state index is 9.96. The van der Waals surface area contributed by atoms with Crippen LogP contribution in [0.15, 0.2) is 30.3 Å². The summed E-state index contributed by atoms with van der Waals surface area (Å²) in [6.07, 6.45) is 0.469. The molecule has 0 radical (unpaired) electrons. The van der Waals surface area contributed by atoms with Crippen molar-refractivity contribution in [2.75, 3.05) is 7.11 Å². The molecule has 0 fully saturated rings. The molecule has 14 heavy (non-hydrogen) atoms. The Hall–Kier alpha value is -1.55. The van der Waals surface area contributed by atoms with Gasteiger partial charge in [0, 0.05) is 6.42 Å². The molecular weight excluding hydrogens is 184 g/mol. The number of hydrogen-bond acceptors (Lipinski definition) is 3. The zero-order valence-electron chi connectivity index (χ0n) is 8.36. The number of methoxy groups -OCH3 is 1. The summed E-state index contributed by atoms with van der Waals surface area (Å²) >= 11 is 0. The van der Waals surface area contributed by atoms with E-state index in [4.69, 9.17) is 5.11 Å². The second kappa shape index (κ2) is 9.54. The molecule has 3 N–H and O–H groups in total. The Bertz CT molecular complexity index is 227. The number of phenolic OH excluding ortho intramolecular Hbond substituents is 1. The molecule has 1 rings (SSSR count). The number of carbonyl (C=O) groups is 1. The highest BCUT2D eigenvalue weighted by atomic mass is 16.5. The predicted molar refractivity (Wildman–Crippen MR) is 54.0 cm³/mol. The maximum atomic E-state index is 9.96. The van der Waals surface area contributed by atoms with Crippen LogP contribution < -0.4 is 0 Å². The van der Waals surface area contributed by atoms with E-state index in [0.717, 1.165) is 0 Å². The van der Waals surface area contributed by atoms with E-state index in [1.165, 1.54) is 7.11 Å². The molecule has 80 valence electrons. The molecule has 1 aromatic carbocycles. The first-order chi connectivity index (χ1) is 6.20. The van der Waals surface area contributed by atoms with E-state index in [0.29, 0.717) is 12.2 Å². The Morgan fingerprint density at radius 1 is 1.36 bits per heavy atom. The molecule has 1 aromatic rings. The normalized spacial score (nSPS) is 7.57. The highest BCUT2D eigenvalue weighted by molar-refractivity contribution is 5.68. The fourth-order valence-corrected chi connectivity index (χ4v) is 0.572. The second-order valence-electron chi connectivity index (χ2n) is 2.27. The summed E-state index contributed by atoms with van der Waals surface area (Å²) in [6.45, 7) is 1.76. The Kier molecular flexibility index (Phi) is 10.2. The minimum Gasteiger partial charge on any atom is -0.508 e. The van der Waals surface area contributed by atoms with E-state index in [-0.39, 0.29) is 11.4 Å². The summed E-state index contributed by atoms with van der Waals surface area (Å²) in [7, 11) is 1.38. The lowest BCUT2D eigenvalue weighted by Crippen LogP contribution is -1.94. The Labute approximate surface area is 83.4 Å². The van der Waals surface area contributed by atoms with Crippen molar-refractivity contribution in [2.45, 2.75) is 13.3 Å². The smallest absolute Gasteiger partial charge is 0.305 e. The van der Waals surface area contributed by atoms with Crippen molar-refractivity contribution < 1.29 is 20.1 Å². The van der Waals surface area contributed by atoms with Gasteiger partial charge in [-0.2, -0.15) is 0 Å². The molecular formula is C10H16O4. The molecule has 0 unspecified atom stereocenters. The lowest BCUT2D eigenvalue weighted by atomic mass is 10.3. The van der Waals surface area contributed by atoms with Gasteiger partial charge in [-0.05, 0) is 12.1 Å². The zero-order valence-corrected chi connectivity index (χ0v) is 8.36. The Morgan fingerprint density at radius 2 is 1.86 bits per heavy atom. The van der Waals surface area contributed by atoms with Crippen molar-refractivity contribution in [3.63, 3.8) is 0 Å². The molecule has 0 saturated heterocycles. The summed E-state index contributed by atoms with van der Waals surface area (Å²) in [5, 5.41) is 8.63. The summed E-state index contributed by atoms with van der Waals surface area (Å²) in [6, 6.07) is 8.71. The van der Waals surface area contributed by atoms with Crippen molar-refractivity contribution in [1.29, 1.82) is 0 Å². The molecule has 4 heteroatoms. The van der Waals surface area contributed by atoms with Gasteiger partial charge in [-0.15, -0.1) is 0 Å². The summed E-state index contributed by atoms with van der Waals surface area (Å²) in [5.74, 6) is 0.164. The average Bonchev–Trinajstić information content (AvgIpc) is 2.19. The summed E-state index contributed by atoms with van der Waals surface area (Å²) in [4.78, 5) is 9.96. The van der Waals surface area contributed by atoms with Gasteiger partial charge in [-0.1, -0.05) is 25.1 Å². The van der Waals surface area contributed by atoms with Gasteiger partial charge >= 0.3 is 5.97 Å². The van der Waals surface area contributed by atoms with Crippen molar-refractivity contribution in [3.8, 4) is 5.75 Å². The maximum Gasteiger partial charge on any atom is 0.305 e. The van der Waals surface area contributed by atoms with E-state index in [1.54, 1.807) is 31.2 Å². The number of esters is 1. The predicted octanol–water partition coefficient (Wildman–Crippen LogP) is 1.14. The Balaban J connectivity index is 0. The van der Waals surface area contributed by atoms with Crippen LogP contribution in [0.5, 0.6) is 5.75 Å². The number of carbonyl (C=O) groups excluding carboxylic acids is 1. The monoisotopic (exact) mass is 200 g/mol. The van der Waals surface area contributed by atoms with Gasteiger partial charge in [-0.3, -0.25) is 4.79 Å². The number of para-hydroxylation sites is 1. The van der Waals surface area contributed by atoms with Gasteiger partial charge in [-0.25, -0.2) is 0 Å². The third-order valence-electron chi connectivity index (χ3n) is 1.27. The number of benzene rings is 1. The number of hydrogen-bond donors (Lipinski definition) is 1. The number of ether oxygens (including phenoxy) is 1. The first-order valence-electron chi connectivity index (χ1n) is 4.01. The van der Waals surface area contributed by atoms with Crippen LogP contribution in [0.4, 0.5) is 0 Å². The van der Waals surface area contributed by atoms with Crippen molar-refractivity contribution in [1.82, 2.24) is 0 Å². The zero-order chi connectivity index (χ0) is 10.1. The average molecular weight is 200 g/mol. The van der Waals surface area contributed by atoms with Crippen LogP contribution in [0.1, 0.15) is 13.3 Å². The molecule has 0 atom stereocenters. The second-order valence-corrected chi connectivity index (χ2v) is 2.27. The molecule has 0 heterocycles. The van der Waals surface area contributed by atoms with Gasteiger partial charge in [0.25, 0.3) is 0 Å². The number of rotatable bonds is 1. The Morgan fingerprint density at radius 3 is 2.00 bits per heavy atom. The molecule has 0 aliphatic rings. The fraction of sp³-hybridized carbons (Fsp3) is 0.300. The highest BCUT2D eigenvalue weighted by Crippen LogP contribution is 2.02. The fourth-order valence-electron chi connectivity index (χ4n) is 0.572. The van der Waals surface area contributed by atoms with Gasteiger partial charge in [0.1, 0.15) is 5.75 Å². The number of aromatic hydroxyl groups is 1. The van der Waals surface area contributed by atoms with Crippen LogP contribution in [0.25, 0.3) is 0 Å². The lowest BCUT2D eigenvalue weighted by Gasteiger charge is -1.87. The molecule has 0 amide bonds. The van der Waals surface area contributed by atoms with Crippen molar-refractivity contribution in [2.24, 2.45) is 0 Å². The standard InChI is InChI=1S/C6H6O.C4H8O2.H2O/c7-6-4-2-1-3-5-6;1-3-4(5)6-2;/h1-5,7H;3H2,1-2H3;1H2. The van der Waals surface area contributed by atoms with E-state index < -0.39 is 0 Å². The summed E-state index contributed by atoms with van der Waals surface area (Å²) < 4.78 is 4.26. The molecule has 0 spiro atoms. The SMILES string of the molecule is CCC(=O)OC.O.Oc1ccccc1. The number of phenols is 1. The minimum absolute atomic E-state index is 0. The van der Waals surface area contributed by atoms with Gasteiger partial charge < -0.3 is 15.3 Å². The van der Waals surface area contributed by atoms with Gasteiger partial charge in [0.15, 0.2) is 0 Å².